The van der Waals surface area contributed by atoms with Crippen molar-refractivity contribution in [3.05, 3.63) is 11.8 Å². The summed E-state index contributed by atoms with van der Waals surface area (Å²) in [6.07, 6.45) is 5.19. The molecule has 1 aromatic rings. The summed E-state index contributed by atoms with van der Waals surface area (Å²) in [4.78, 5) is 13.0. The van der Waals surface area contributed by atoms with Crippen LogP contribution in [0.3, 0.4) is 0 Å². The van der Waals surface area contributed by atoms with E-state index in [1.165, 1.54) is 13.8 Å². The third-order valence-electron chi connectivity index (χ3n) is 6.86. The third kappa shape index (κ3) is 5.96. The number of hydrogen-bond acceptors (Lipinski definition) is 8. The molecule has 1 amide bonds. The molecule has 0 bridgehead atoms. The van der Waals surface area contributed by atoms with Gasteiger partial charge in [-0.25, -0.2) is 8.42 Å². The Labute approximate surface area is 196 Å². The zero-order valence-corrected chi connectivity index (χ0v) is 21.2. The molecule has 1 unspecified atom stereocenters. The zero-order valence-electron chi connectivity index (χ0n) is 20.4. The molecule has 3 rings (SSSR count). The first-order valence-corrected chi connectivity index (χ1v) is 13.3. The summed E-state index contributed by atoms with van der Waals surface area (Å²) in [5, 5.41) is 6.13. The van der Waals surface area contributed by atoms with Gasteiger partial charge in [-0.1, -0.05) is 19.0 Å². The molecular formula is C23H38N2O7S. The van der Waals surface area contributed by atoms with Crippen molar-refractivity contribution in [2.24, 2.45) is 0 Å². The Bertz CT molecular complexity index is 896. The van der Waals surface area contributed by atoms with Gasteiger partial charge in [0, 0.05) is 25.2 Å². The number of carbonyl (C=O) groups is 1. The van der Waals surface area contributed by atoms with Gasteiger partial charge in [0.15, 0.2) is 16.1 Å². The van der Waals surface area contributed by atoms with E-state index in [1.54, 1.807) is 13.2 Å². The van der Waals surface area contributed by atoms with Crippen LogP contribution < -0.4 is 5.32 Å². The molecule has 1 atom stereocenters. The molecule has 1 N–H and O–H groups in total. The lowest BCUT2D eigenvalue weighted by Crippen LogP contribution is -2.49. The highest BCUT2D eigenvalue weighted by molar-refractivity contribution is 7.94. The molecule has 9 nitrogen and oxygen atoms in total. The Morgan fingerprint density at radius 2 is 1.85 bits per heavy atom. The lowest BCUT2D eigenvalue weighted by atomic mass is 9.90. The molecule has 1 aliphatic heterocycles. The van der Waals surface area contributed by atoms with Gasteiger partial charge in [0.25, 0.3) is 0 Å². The van der Waals surface area contributed by atoms with Gasteiger partial charge >= 0.3 is 0 Å². The number of nitrogens with one attached hydrogen (secondary N) is 1. The summed E-state index contributed by atoms with van der Waals surface area (Å²) in [6.45, 7) is 7.89. The van der Waals surface area contributed by atoms with E-state index in [0.717, 1.165) is 19.3 Å². The minimum absolute atomic E-state index is 0.0815. The number of nitrogens with zero attached hydrogens (tertiary/aromatic N) is 1. The van der Waals surface area contributed by atoms with Gasteiger partial charge in [0.1, 0.15) is 4.75 Å². The third-order valence-corrected chi connectivity index (χ3v) is 9.82. The van der Waals surface area contributed by atoms with Gasteiger partial charge in [0.2, 0.25) is 11.8 Å². The lowest BCUT2D eigenvalue weighted by molar-refractivity contribution is -0.170. The summed E-state index contributed by atoms with van der Waals surface area (Å²) in [6, 6.07) is 1.62. The number of amides is 1. The van der Waals surface area contributed by atoms with Crippen molar-refractivity contribution in [3.63, 3.8) is 0 Å². The Morgan fingerprint density at radius 3 is 2.45 bits per heavy atom. The van der Waals surface area contributed by atoms with Crippen LogP contribution >= 0.6 is 0 Å². The average Bonchev–Trinajstić information content (AvgIpc) is 3.28. The fourth-order valence-corrected chi connectivity index (χ4v) is 6.29. The Balaban J connectivity index is 1.61. The topological polar surface area (TPSA) is 117 Å². The SMILES string of the molecule is COC1CCC(S(=O)(=O)C(C)(C)C(=O)Nc2cc(C(C)(C)COC3CCCCO3)no2)CC1. The van der Waals surface area contributed by atoms with Crippen molar-refractivity contribution < 1.29 is 31.9 Å². The van der Waals surface area contributed by atoms with Crippen molar-refractivity contribution >= 4 is 21.6 Å². The quantitative estimate of drug-likeness (QED) is 0.563. The maximum Gasteiger partial charge on any atom is 0.247 e. The van der Waals surface area contributed by atoms with E-state index in [9.17, 15) is 13.2 Å². The molecule has 1 saturated heterocycles. The lowest BCUT2D eigenvalue weighted by Gasteiger charge is -2.33. The Morgan fingerprint density at radius 1 is 1.15 bits per heavy atom. The van der Waals surface area contributed by atoms with E-state index >= 15 is 0 Å². The van der Waals surface area contributed by atoms with Gasteiger partial charge in [-0.05, 0) is 58.8 Å². The molecule has 1 aromatic heterocycles. The molecule has 2 fully saturated rings. The fourth-order valence-electron chi connectivity index (χ4n) is 4.26. The van der Waals surface area contributed by atoms with Gasteiger partial charge in [-0.15, -0.1) is 0 Å². The minimum atomic E-state index is -3.72. The molecular weight excluding hydrogens is 448 g/mol. The van der Waals surface area contributed by atoms with Crippen LogP contribution in [-0.4, -0.2) is 62.2 Å². The van der Waals surface area contributed by atoms with Crippen LogP contribution in [0.1, 0.15) is 78.3 Å². The number of ether oxygens (including phenoxy) is 3. The van der Waals surface area contributed by atoms with Gasteiger partial charge in [-0.3, -0.25) is 10.1 Å². The summed E-state index contributed by atoms with van der Waals surface area (Å²) < 4.78 is 47.1. The molecule has 188 valence electrons. The summed E-state index contributed by atoms with van der Waals surface area (Å²) in [5.41, 5.74) is 0.127. The van der Waals surface area contributed by atoms with Crippen molar-refractivity contribution in [2.45, 2.75) is 100 Å². The second kappa shape index (κ2) is 10.4. The van der Waals surface area contributed by atoms with Crippen LogP contribution in [-0.2, 0) is 34.3 Å². The Hall–Kier alpha value is -1.49. The molecule has 0 aromatic carbocycles. The highest BCUT2D eigenvalue weighted by Gasteiger charge is 2.47. The minimum Gasteiger partial charge on any atom is -0.381 e. The fraction of sp³-hybridized carbons (Fsp3) is 0.826. The Kier molecular flexibility index (Phi) is 8.24. The van der Waals surface area contributed by atoms with E-state index in [4.69, 9.17) is 18.7 Å². The number of anilines is 1. The summed E-state index contributed by atoms with van der Waals surface area (Å²) in [5.74, 6) is -0.521. The first-order valence-electron chi connectivity index (χ1n) is 11.8. The molecule has 1 saturated carbocycles. The maximum absolute atomic E-state index is 13.3. The molecule has 0 radical (unpaired) electrons. The first kappa shape index (κ1) is 26.1. The van der Waals surface area contributed by atoms with E-state index in [-0.39, 0.29) is 18.3 Å². The predicted molar refractivity (Wildman–Crippen MR) is 124 cm³/mol. The molecule has 33 heavy (non-hydrogen) atoms. The second-order valence-corrected chi connectivity index (χ2v) is 13.0. The number of hydrogen-bond donors (Lipinski definition) is 1. The largest absolute Gasteiger partial charge is 0.381 e. The highest BCUT2D eigenvalue weighted by atomic mass is 32.2. The van der Waals surface area contributed by atoms with Crippen LogP contribution in [0.25, 0.3) is 0 Å². The van der Waals surface area contributed by atoms with Crippen LogP contribution in [0.4, 0.5) is 5.88 Å². The molecule has 10 heteroatoms. The van der Waals surface area contributed by atoms with E-state index in [2.05, 4.69) is 10.5 Å². The van der Waals surface area contributed by atoms with Crippen molar-refractivity contribution in [1.82, 2.24) is 5.16 Å². The van der Waals surface area contributed by atoms with Crippen molar-refractivity contribution in [1.29, 1.82) is 0 Å². The standard InChI is InChI=1S/C23H38N2O7S/c1-22(2,15-31-20-8-6-7-13-30-20)18-14-19(32-25-18)24-21(26)23(3,4)33(27,28)17-11-9-16(29-5)10-12-17/h14,16-17,20H,6-13,15H2,1-5H3,(H,24,26). The van der Waals surface area contributed by atoms with E-state index in [0.29, 0.717) is 44.6 Å². The number of rotatable bonds is 9. The van der Waals surface area contributed by atoms with Gasteiger partial charge < -0.3 is 18.7 Å². The monoisotopic (exact) mass is 486 g/mol. The number of sulfone groups is 1. The van der Waals surface area contributed by atoms with Crippen LogP contribution in [0.5, 0.6) is 0 Å². The highest BCUT2D eigenvalue weighted by Crippen LogP contribution is 2.33. The molecule has 0 spiro atoms. The van der Waals surface area contributed by atoms with Crippen LogP contribution in [0.2, 0.25) is 0 Å². The van der Waals surface area contributed by atoms with Crippen molar-refractivity contribution in [2.75, 3.05) is 25.6 Å². The van der Waals surface area contributed by atoms with Gasteiger partial charge in [0.05, 0.1) is 23.7 Å². The molecule has 2 heterocycles. The smallest absolute Gasteiger partial charge is 0.247 e. The van der Waals surface area contributed by atoms with E-state index < -0.39 is 31.2 Å². The van der Waals surface area contributed by atoms with Crippen molar-refractivity contribution in [3.8, 4) is 0 Å². The first-order chi connectivity index (χ1) is 15.5. The second-order valence-electron chi connectivity index (χ2n) is 10.2. The number of methoxy groups -OCH3 is 1. The summed E-state index contributed by atoms with van der Waals surface area (Å²) in [7, 11) is -2.08. The maximum atomic E-state index is 13.3. The average molecular weight is 487 g/mol. The summed E-state index contributed by atoms with van der Waals surface area (Å²) >= 11 is 0. The number of carbonyl (C=O) groups excluding carboxylic acids is 1. The predicted octanol–water partition coefficient (Wildman–Crippen LogP) is 3.58. The van der Waals surface area contributed by atoms with Crippen LogP contribution in [0, 0.1) is 0 Å². The van der Waals surface area contributed by atoms with Gasteiger partial charge in [-0.2, -0.15) is 0 Å². The zero-order chi connectivity index (χ0) is 24.3. The van der Waals surface area contributed by atoms with Crippen LogP contribution in [0.15, 0.2) is 10.6 Å². The normalized spacial score (nSPS) is 25.1. The van der Waals surface area contributed by atoms with E-state index in [1.807, 2.05) is 13.8 Å². The molecule has 2 aliphatic rings. The number of aromatic nitrogens is 1. The molecule has 1 aliphatic carbocycles.